The number of benzene rings is 1. The third kappa shape index (κ3) is 6.92. The molecule has 1 saturated heterocycles. The highest BCUT2D eigenvalue weighted by atomic mass is 35.5. The number of carbonyl (C=O) groups excluding carboxylic acids is 1. The van der Waals surface area contributed by atoms with Gasteiger partial charge in [-0.15, -0.1) is 24.4 Å². The van der Waals surface area contributed by atoms with E-state index in [9.17, 15) is 4.79 Å². The van der Waals surface area contributed by atoms with Gasteiger partial charge in [-0.3, -0.25) is 15.1 Å². The molecule has 0 radical (unpaired) electrons. The molecule has 27 heavy (non-hydrogen) atoms. The average Bonchev–Trinajstić information content (AvgIpc) is 3.07. The van der Waals surface area contributed by atoms with E-state index in [1.807, 2.05) is 18.2 Å². The Morgan fingerprint density at radius 3 is 3.07 bits per heavy atom. The molecule has 6 nitrogen and oxygen atoms in total. The van der Waals surface area contributed by atoms with Crippen LogP contribution in [0.25, 0.3) is 0 Å². The number of ether oxygens (including phenoxy) is 1. The van der Waals surface area contributed by atoms with Crippen molar-refractivity contribution in [1.82, 2.24) is 15.6 Å². The van der Waals surface area contributed by atoms with Gasteiger partial charge in [0.2, 0.25) is 5.91 Å². The molecular weight excluding hydrogens is 447 g/mol. The standard InChI is InChI=1S/C16H20Cl2N4O2S3/c17-12-2-1-10(5-13(12)18)7-22-3-4-24-11(8-22)6-19-14(23)9-26-16-21-20-15(25)27-16/h1-2,5,11,16,21H,3-4,6-9H2,(H,19,23)(H,20,25)/t11-,16?/m0/s1. The Labute approximate surface area is 182 Å². The van der Waals surface area contributed by atoms with Crippen LogP contribution in [0.2, 0.25) is 10.0 Å². The van der Waals surface area contributed by atoms with Crippen LogP contribution in [0.1, 0.15) is 5.56 Å². The number of thiol groups is 1. The number of amides is 1. The van der Waals surface area contributed by atoms with E-state index in [1.54, 1.807) is 0 Å². The summed E-state index contributed by atoms with van der Waals surface area (Å²) in [5.74, 6) is 0.348. The minimum Gasteiger partial charge on any atom is -0.374 e. The van der Waals surface area contributed by atoms with Gasteiger partial charge in [-0.05, 0) is 17.7 Å². The van der Waals surface area contributed by atoms with Crippen LogP contribution in [0, 0.1) is 0 Å². The van der Waals surface area contributed by atoms with Gasteiger partial charge in [-0.1, -0.05) is 41.0 Å². The van der Waals surface area contributed by atoms with Gasteiger partial charge in [0, 0.05) is 26.2 Å². The van der Waals surface area contributed by atoms with Crippen LogP contribution in [-0.4, -0.2) is 58.0 Å². The number of halogens is 2. The molecule has 11 heteroatoms. The van der Waals surface area contributed by atoms with E-state index in [2.05, 4.69) is 33.4 Å². The first-order valence-corrected chi connectivity index (χ1v) is 11.5. The molecule has 3 rings (SSSR count). The summed E-state index contributed by atoms with van der Waals surface area (Å²) in [6.45, 7) is 3.51. The zero-order valence-electron chi connectivity index (χ0n) is 14.4. The summed E-state index contributed by atoms with van der Waals surface area (Å²) in [6.07, 6.45) is -0.0261. The number of rotatable bonds is 7. The summed E-state index contributed by atoms with van der Waals surface area (Å²) in [5, 5.41) is 8.04. The lowest BCUT2D eigenvalue weighted by atomic mass is 10.2. The number of nitrogens with one attached hydrogen (secondary N) is 2. The predicted molar refractivity (Wildman–Crippen MR) is 118 cm³/mol. The summed E-state index contributed by atoms with van der Waals surface area (Å²) in [4.78, 5) is 14.3. The molecule has 1 unspecified atom stereocenters. The Hall–Kier alpha value is -0.290. The van der Waals surface area contributed by atoms with Gasteiger partial charge in [-0.25, -0.2) is 0 Å². The van der Waals surface area contributed by atoms with E-state index in [4.69, 9.17) is 27.9 Å². The highest BCUT2D eigenvalue weighted by Crippen LogP contribution is 2.28. The van der Waals surface area contributed by atoms with Crippen LogP contribution in [0.15, 0.2) is 23.3 Å². The number of nitrogens with zero attached hydrogens (tertiary/aromatic N) is 2. The molecule has 0 spiro atoms. The van der Waals surface area contributed by atoms with Crippen molar-refractivity contribution in [3.8, 4) is 0 Å². The van der Waals surface area contributed by atoms with E-state index in [1.165, 1.54) is 23.5 Å². The van der Waals surface area contributed by atoms with Gasteiger partial charge in [-0.2, -0.15) is 5.10 Å². The van der Waals surface area contributed by atoms with Crippen molar-refractivity contribution < 1.29 is 9.53 Å². The molecule has 1 fully saturated rings. The SMILES string of the molecule is O=C(CSC1NN=C(S)S1)NC[C@H]1CN(Cc2ccc(Cl)c(Cl)c2)CCO1. The van der Waals surface area contributed by atoms with E-state index < -0.39 is 0 Å². The van der Waals surface area contributed by atoms with Crippen molar-refractivity contribution in [3.05, 3.63) is 33.8 Å². The fraction of sp³-hybridized carbons (Fsp3) is 0.500. The smallest absolute Gasteiger partial charge is 0.230 e. The molecule has 0 aliphatic carbocycles. The fourth-order valence-electron chi connectivity index (χ4n) is 2.70. The molecular formula is C16H20Cl2N4O2S3. The lowest BCUT2D eigenvalue weighted by Gasteiger charge is -2.33. The van der Waals surface area contributed by atoms with Gasteiger partial charge >= 0.3 is 0 Å². The Morgan fingerprint density at radius 1 is 1.48 bits per heavy atom. The number of hydrogen-bond donors (Lipinski definition) is 3. The first-order valence-electron chi connectivity index (χ1n) is 8.34. The molecule has 2 heterocycles. The van der Waals surface area contributed by atoms with Gasteiger partial charge in [0.25, 0.3) is 0 Å². The molecule has 0 bridgehead atoms. The number of hydrogen-bond acceptors (Lipinski definition) is 7. The first-order chi connectivity index (χ1) is 13.0. The third-order valence-electron chi connectivity index (χ3n) is 3.98. The largest absolute Gasteiger partial charge is 0.374 e. The maximum Gasteiger partial charge on any atom is 0.230 e. The van der Waals surface area contributed by atoms with Crippen LogP contribution >= 0.6 is 59.4 Å². The highest BCUT2D eigenvalue weighted by Gasteiger charge is 2.22. The molecule has 0 saturated carbocycles. The topological polar surface area (TPSA) is 66.0 Å². The molecule has 148 valence electrons. The Balaban J connectivity index is 1.37. The molecule has 1 aromatic carbocycles. The van der Waals surface area contributed by atoms with Crippen LogP contribution in [0.5, 0.6) is 0 Å². The maximum atomic E-state index is 12.0. The second kappa shape index (κ2) is 10.5. The third-order valence-corrected chi connectivity index (χ3v) is 7.29. The van der Waals surface area contributed by atoms with Crippen molar-refractivity contribution in [1.29, 1.82) is 0 Å². The van der Waals surface area contributed by atoms with Gasteiger partial charge in [0.15, 0.2) is 0 Å². The lowest BCUT2D eigenvalue weighted by molar-refractivity contribution is -0.119. The van der Waals surface area contributed by atoms with E-state index in [0.29, 0.717) is 33.3 Å². The Kier molecular flexibility index (Phi) is 8.31. The van der Waals surface area contributed by atoms with Crippen LogP contribution in [0.3, 0.4) is 0 Å². The molecule has 2 aliphatic heterocycles. The molecule has 0 aromatic heterocycles. The summed E-state index contributed by atoms with van der Waals surface area (Å²) >= 11 is 19.2. The lowest BCUT2D eigenvalue weighted by Crippen LogP contribution is -2.47. The first kappa shape index (κ1) is 21.4. The van der Waals surface area contributed by atoms with E-state index in [-0.39, 0.29) is 16.7 Å². The van der Waals surface area contributed by atoms with Crippen LogP contribution < -0.4 is 10.7 Å². The van der Waals surface area contributed by atoms with E-state index in [0.717, 1.165) is 25.2 Å². The summed E-state index contributed by atoms with van der Waals surface area (Å²) in [5.41, 5.74) is 4.02. The van der Waals surface area contributed by atoms with Crippen molar-refractivity contribution in [3.63, 3.8) is 0 Å². The van der Waals surface area contributed by atoms with Gasteiger partial charge in [0.1, 0.15) is 9.08 Å². The molecule has 1 amide bonds. The number of carbonyl (C=O) groups is 1. The molecule has 2 atom stereocenters. The second-order valence-electron chi connectivity index (χ2n) is 6.06. The fourth-order valence-corrected chi connectivity index (χ4v) is 5.29. The second-order valence-corrected chi connectivity index (χ2v) is 10.1. The Bertz CT molecular complexity index is 710. The zero-order chi connectivity index (χ0) is 19.2. The minimum atomic E-state index is -0.0261. The number of morpholine rings is 1. The molecule has 2 N–H and O–H groups in total. The summed E-state index contributed by atoms with van der Waals surface area (Å²) < 4.78 is 6.50. The normalized spacial score (nSPS) is 23.0. The van der Waals surface area contributed by atoms with Crippen molar-refractivity contribution >= 4 is 69.6 Å². The van der Waals surface area contributed by atoms with Gasteiger partial charge in [0.05, 0.1) is 28.5 Å². The summed E-state index contributed by atoms with van der Waals surface area (Å²) in [6, 6.07) is 5.68. The van der Waals surface area contributed by atoms with Crippen LogP contribution in [-0.2, 0) is 16.1 Å². The van der Waals surface area contributed by atoms with E-state index >= 15 is 0 Å². The highest BCUT2D eigenvalue weighted by molar-refractivity contribution is 8.37. The quantitative estimate of drug-likeness (QED) is 0.536. The van der Waals surface area contributed by atoms with Crippen LogP contribution in [0.4, 0.5) is 0 Å². The number of hydrazone groups is 1. The molecule has 1 aromatic rings. The zero-order valence-corrected chi connectivity index (χ0v) is 18.4. The minimum absolute atomic E-state index is 0.0137. The number of thioether (sulfide) groups is 2. The maximum absolute atomic E-state index is 12.0. The average molecular weight is 467 g/mol. The monoisotopic (exact) mass is 466 g/mol. The van der Waals surface area contributed by atoms with Crippen molar-refractivity contribution in [2.75, 3.05) is 32.0 Å². The molecule has 2 aliphatic rings. The van der Waals surface area contributed by atoms with Gasteiger partial charge < -0.3 is 10.1 Å². The Morgan fingerprint density at radius 2 is 2.33 bits per heavy atom. The summed E-state index contributed by atoms with van der Waals surface area (Å²) in [7, 11) is 0. The predicted octanol–water partition coefficient (Wildman–Crippen LogP) is 2.86. The van der Waals surface area contributed by atoms with Crippen molar-refractivity contribution in [2.45, 2.75) is 17.4 Å². The van der Waals surface area contributed by atoms with Crippen molar-refractivity contribution in [2.24, 2.45) is 5.10 Å².